The molecule has 0 heterocycles. The Morgan fingerprint density at radius 3 is 2.23 bits per heavy atom. The van der Waals surface area contributed by atoms with E-state index in [2.05, 4.69) is 4.99 Å². The highest BCUT2D eigenvalue weighted by atomic mass is 35.5. The number of rotatable bonds is 3. The minimum Gasteiger partial charge on any atom is -0.369 e. The van der Waals surface area contributed by atoms with Gasteiger partial charge in [0.2, 0.25) is 11.9 Å². The van der Waals surface area contributed by atoms with Crippen molar-refractivity contribution >= 4 is 23.7 Å². The van der Waals surface area contributed by atoms with E-state index in [4.69, 9.17) is 28.7 Å². The van der Waals surface area contributed by atoms with Crippen molar-refractivity contribution < 1.29 is 0 Å². The summed E-state index contributed by atoms with van der Waals surface area (Å²) in [5.41, 5.74) is 10.6. The van der Waals surface area contributed by atoms with E-state index in [1.165, 1.54) is 0 Å². The Kier molecular flexibility index (Phi) is 5.22. The molecule has 0 aromatic rings. The van der Waals surface area contributed by atoms with Gasteiger partial charge in [0.05, 0.1) is 6.04 Å². The molecule has 5 nitrogen and oxygen atoms in total. The largest absolute Gasteiger partial charge is 0.369 e. The van der Waals surface area contributed by atoms with Gasteiger partial charge in [-0.15, -0.1) is 0 Å². The number of nitrogens with two attached hydrogens (primary N) is 2. The van der Waals surface area contributed by atoms with Crippen LogP contribution < -0.4 is 11.5 Å². The Labute approximate surface area is 83.4 Å². The number of hydrogen-bond acceptors (Lipinski definition) is 2. The molecule has 0 saturated heterocycles. The molecule has 0 atom stereocenters. The summed E-state index contributed by atoms with van der Waals surface area (Å²) in [6.45, 7) is 4.02. The summed E-state index contributed by atoms with van der Waals surface area (Å²) in [4.78, 5) is 4.10. The third-order valence-corrected chi connectivity index (χ3v) is 2.03. The molecule has 76 valence electrons. The molecule has 0 aliphatic rings. The summed E-state index contributed by atoms with van der Waals surface area (Å²) in [5, 5.41) is 7.00. The number of nitrogens with one attached hydrogen (secondary N) is 1. The quantitative estimate of drug-likeness (QED) is 0.362. The smallest absolute Gasteiger partial charge is 0.213 e. The van der Waals surface area contributed by atoms with Gasteiger partial charge in [0, 0.05) is 11.8 Å². The maximum Gasteiger partial charge on any atom is 0.213 e. The van der Waals surface area contributed by atoms with Crippen LogP contribution in [0, 0.1) is 5.41 Å². The average Bonchev–Trinajstić information content (AvgIpc) is 2.12. The second-order valence-electron chi connectivity index (χ2n) is 2.62. The molecule has 0 aliphatic heterocycles. The minimum absolute atomic E-state index is 0.0721. The molecule has 0 rings (SSSR count). The van der Waals surface area contributed by atoms with Crippen LogP contribution in [0.25, 0.3) is 0 Å². The molecule has 0 aliphatic carbocycles. The van der Waals surface area contributed by atoms with Crippen molar-refractivity contribution in [2.24, 2.45) is 16.5 Å². The predicted molar refractivity (Wildman–Crippen MR) is 55.6 cm³/mol. The molecule has 0 bridgehead atoms. The number of halogens is 1. The SMILES string of the molecule is CCC(CC)N=C(N)N(Cl)C(=N)N. The van der Waals surface area contributed by atoms with Crippen molar-refractivity contribution in [2.75, 3.05) is 0 Å². The second-order valence-corrected chi connectivity index (χ2v) is 2.96. The van der Waals surface area contributed by atoms with E-state index in [1.54, 1.807) is 0 Å². The van der Waals surface area contributed by atoms with Crippen LogP contribution in [-0.2, 0) is 0 Å². The van der Waals surface area contributed by atoms with Crippen LogP contribution in [0.3, 0.4) is 0 Å². The minimum atomic E-state index is -0.325. The van der Waals surface area contributed by atoms with Crippen LogP contribution >= 0.6 is 11.8 Å². The van der Waals surface area contributed by atoms with Crippen molar-refractivity contribution in [2.45, 2.75) is 32.7 Å². The molecule has 5 N–H and O–H groups in total. The van der Waals surface area contributed by atoms with Crippen molar-refractivity contribution in [1.29, 1.82) is 5.41 Å². The van der Waals surface area contributed by atoms with Gasteiger partial charge in [-0.3, -0.25) is 5.41 Å². The van der Waals surface area contributed by atoms with Gasteiger partial charge in [-0.2, -0.15) is 4.42 Å². The standard InChI is InChI=1S/C7H16ClN5/c1-3-5(4-2)12-7(11)13(8)6(9)10/h5H,3-4H2,1-2H3,(H3,9,10)(H2,11,12). The Morgan fingerprint density at radius 2 is 1.92 bits per heavy atom. The summed E-state index contributed by atoms with van der Waals surface area (Å²) >= 11 is 5.55. The summed E-state index contributed by atoms with van der Waals surface area (Å²) in [6, 6.07) is 0.139. The maximum absolute atomic E-state index is 7.00. The van der Waals surface area contributed by atoms with Gasteiger partial charge < -0.3 is 11.5 Å². The molecule has 6 heteroatoms. The van der Waals surface area contributed by atoms with Crippen LogP contribution in [0.5, 0.6) is 0 Å². The van der Waals surface area contributed by atoms with Crippen LogP contribution in [0.15, 0.2) is 4.99 Å². The fraction of sp³-hybridized carbons (Fsp3) is 0.714. The van der Waals surface area contributed by atoms with Gasteiger partial charge in [0.1, 0.15) is 0 Å². The lowest BCUT2D eigenvalue weighted by molar-refractivity contribution is 0.623. The molecule has 0 fully saturated rings. The fourth-order valence-electron chi connectivity index (χ4n) is 0.832. The lowest BCUT2D eigenvalue weighted by Gasteiger charge is -2.14. The van der Waals surface area contributed by atoms with Crippen molar-refractivity contribution in [3.8, 4) is 0 Å². The van der Waals surface area contributed by atoms with E-state index < -0.39 is 0 Å². The lowest BCUT2D eigenvalue weighted by Crippen LogP contribution is -2.39. The third-order valence-electron chi connectivity index (χ3n) is 1.67. The van der Waals surface area contributed by atoms with Crippen molar-refractivity contribution in [3.63, 3.8) is 0 Å². The normalized spacial score (nSPS) is 11.8. The number of aliphatic imine (C=N–C) groups is 1. The van der Waals surface area contributed by atoms with Crippen LogP contribution in [0.2, 0.25) is 0 Å². The Balaban J connectivity index is 4.37. The van der Waals surface area contributed by atoms with Gasteiger partial charge in [-0.25, -0.2) is 4.99 Å². The van der Waals surface area contributed by atoms with Gasteiger partial charge >= 0.3 is 0 Å². The highest BCUT2D eigenvalue weighted by Gasteiger charge is 2.09. The Hall–Kier alpha value is -0.970. The number of guanidine groups is 2. The first-order chi connectivity index (χ1) is 6.02. The summed E-state index contributed by atoms with van der Waals surface area (Å²) in [7, 11) is 0. The zero-order valence-corrected chi connectivity index (χ0v) is 8.67. The molecule has 13 heavy (non-hydrogen) atoms. The Bertz CT molecular complexity index is 199. The highest BCUT2D eigenvalue weighted by Crippen LogP contribution is 2.03. The molecular formula is C7H16ClN5. The third kappa shape index (κ3) is 3.98. The van der Waals surface area contributed by atoms with E-state index in [-0.39, 0.29) is 18.0 Å². The van der Waals surface area contributed by atoms with Crippen LogP contribution in [-0.4, -0.2) is 22.4 Å². The zero-order chi connectivity index (χ0) is 10.4. The van der Waals surface area contributed by atoms with E-state index in [9.17, 15) is 0 Å². The maximum atomic E-state index is 7.00. The van der Waals surface area contributed by atoms with E-state index in [1.807, 2.05) is 13.8 Å². The monoisotopic (exact) mass is 205 g/mol. The lowest BCUT2D eigenvalue weighted by atomic mass is 10.2. The zero-order valence-electron chi connectivity index (χ0n) is 7.92. The van der Waals surface area contributed by atoms with Gasteiger partial charge in [0.15, 0.2) is 0 Å². The first-order valence-electron chi connectivity index (χ1n) is 4.16. The topological polar surface area (TPSA) is 91.5 Å². The first kappa shape index (κ1) is 12.0. The molecule has 0 aromatic heterocycles. The molecular weight excluding hydrogens is 190 g/mol. The highest BCUT2D eigenvalue weighted by molar-refractivity contribution is 6.30. The van der Waals surface area contributed by atoms with Crippen LogP contribution in [0.1, 0.15) is 26.7 Å². The number of hydrogen-bond donors (Lipinski definition) is 3. The molecule has 0 spiro atoms. The summed E-state index contributed by atoms with van der Waals surface area (Å²) in [5.74, 6) is -0.253. The molecule has 0 unspecified atom stereocenters. The first-order valence-corrected chi connectivity index (χ1v) is 4.49. The van der Waals surface area contributed by atoms with Gasteiger partial charge in [0.25, 0.3) is 0 Å². The van der Waals surface area contributed by atoms with Crippen molar-refractivity contribution in [1.82, 2.24) is 4.42 Å². The van der Waals surface area contributed by atoms with E-state index >= 15 is 0 Å². The number of nitrogens with zero attached hydrogens (tertiary/aromatic N) is 2. The average molecular weight is 206 g/mol. The van der Waals surface area contributed by atoms with E-state index in [0.29, 0.717) is 0 Å². The van der Waals surface area contributed by atoms with Gasteiger partial charge in [-0.1, -0.05) is 13.8 Å². The molecule has 0 aromatic carbocycles. The molecule has 0 amide bonds. The van der Waals surface area contributed by atoms with Crippen molar-refractivity contribution in [3.05, 3.63) is 0 Å². The fourth-order valence-corrected chi connectivity index (χ4v) is 0.876. The van der Waals surface area contributed by atoms with Crippen LogP contribution in [0.4, 0.5) is 0 Å². The molecule has 0 radical (unpaired) electrons. The summed E-state index contributed by atoms with van der Waals surface area (Å²) in [6.07, 6.45) is 1.78. The molecule has 0 saturated carbocycles. The Morgan fingerprint density at radius 1 is 1.46 bits per heavy atom. The predicted octanol–water partition coefficient (Wildman–Crippen LogP) is 0.839. The summed E-state index contributed by atoms with van der Waals surface area (Å²) < 4.78 is 0.832. The van der Waals surface area contributed by atoms with Gasteiger partial charge in [-0.05, 0) is 12.8 Å². The second kappa shape index (κ2) is 5.64. The van der Waals surface area contributed by atoms with E-state index in [0.717, 1.165) is 17.3 Å².